The highest BCUT2D eigenvalue weighted by Crippen LogP contribution is 2.61. The van der Waals surface area contributed by atoms with Crippen LogP contribution in [0.25, 0.3) is 0 Å². The number of hydrogen-bond donors (Lipinski definition) is 2. The summed E-state index contributed by atoms with van der Waals surface area (Å²) in [6.45, 7) is 1.83. The topological polar surface area (TPSA) is 75.4 Å². The predicted octanol–water partition coefficient (Wildman–Crippen LogP) is 2.44. The van der Waals surface area contributed by atoms with Crippen molar-refractivity contribution in [2.45, 2.75) is 76.7 Å². The molecule has 5 aliphatic rings. The van der Waals surface area contributed by atoms with Gasteiger partial charge in [-0.3, -0.25) is 9.59 Å². The van der Waals surface area contributed by atoms with Gasteiger partial charge in [-0.1, -0.05) is 0 Å². The lowest BCUT2D eigenvalue weighted by molar-refractivity contribution is -0.143. The normalized spacial score (nSPS) is 38.4. The number of rotatable bonds is 6. The Morgan fingerprint density at radius 2 is 1.69 bits per heavy atom. The summed E-state index contributed by atoms with van der Waals surface area (Å²) < 4.78 is 0. The minimum absolute atomic E-state index is 0.00607. The van der Waals surface area contributed by atoms with E-state index in [1.54, 1.807) is 0 Å². The molecule has 0 aromatic carbocycles. The molecule has 0 aromatic heterocycles. The molecule has 0 aromatic rings. The van der Waals surface area contributed by atoms with E-state index < -0.39 is 0 Å². The first-order chi connectivity index (χ1) is 12.6. The van der Waals surface area contributed by atoms with Crippen molar-refractivity contribution in [3.8, 4) is 0 Å². The Hall–Kier alpha value is -1.10. The van der Waals surface area contributed by atoms with Crippen LogP contribution < -0.4 is 11.1 Å². The maximum atomic E-state index is 13.3. The number of piperidine rings is 1. The largest absolute Gasteiger partial charge is 0.354 e. The molecule has 3 N–H and O–H groups in total. The zero-order chi connectivity index (χ0) is 18.1. The van der Waals surface area contributed by atoms with Crippen LogP contribution in [0.5, 0.6) is 0 Å². The van der Waals surface area contributed by atoms with Crippen molar-refractivity contribution in [1.29, 1.82) is 0 Å². The van der Waals surface area contributed by atoms with Crippen LogP contribution in [0.2, 0.25) is 0 Å². The van der Waals surface area contributed by atoms with Crippen LogP contribution in [0.15, 0.2) is 0 Å². The number of nitrogens with one attached hydrogen (secondary N) is 1. The second-order valence-electron chi connectivity index (χ2n) is 9.67. The van der Waals surface area contributed by atoms with Gasteiger partial charge in [-0.25, -0.2) is 0 Å². The fourth-order valence-electron chi connectivity index (χ4n) is 6.92. The molecule has 5 nitrogen and oxygen atoms in total. The molecule has 1 aliphatic heterocycles. The molecule has 1 saturated heterocycles. The molecular weight excluding hydrogens is 326 g/mol. The lowest BCUT2D eigenvalue weighted by Gasteiger charge is -2.57. The molecule has 5 heteroatoms. The summed E-state index contributed by atoms with van der Waals surface area (Å²) in [7, 11) is 0. The molecule has 0 radical (unpaired) electrons. The van der Waals surface area contributed by atoms with E-state index >= 15 is 0 Å². The Labute approximate surface area is 157 Å². The van der Waals surface area contributed by atoms with Gasteiger partial charge >= 0.3 is 0 Å². The van der Waals surface area contributed by atoms with Crippen molar-refractivity contribution in [3.63, 3.8) is 0 Å². The average molecular weight is 362 g/mol. The van der Waals surface area contributed by atoms with Gasteiger partial charge in [0, 0.05) is 38.5 Å². The summed E-state index contributed by atoms with van der Waals surface area (Å²) in [6, 6.07) is 0.173. The molecular formula is C21H35N3O2. The number of likely N-dealkylation sites (tertiary alicyclic amines) is 1. The Balaban J connectivity index is 1.37. The molecule has 1 atom stereocenters. The molecule has 5 rings (SSSR count). The van der Waals surface area contributed by atoms with Crippen LogP contribution in [-0.4, -0.2) is 42.4 Å². The molecule has 1 unspecified atom stereocenters. The van der Waals surface area contributed by atoms with Crippen molar-refractivity contribution in [2.75, 3.05) is 19.6 Å². The van der Waals surface area contributed by atoms with E-state index in [2.05, 4.69) is 10.2 Å². The molecule has 4 aliphatic carbocycles. The highest BCUT2D eigenvalue weighted by atomic mass is 16.2. The molecule has 2 amide bonds. The van der Waals surface area contributed by atoms with Crippen molar-refractivity contribution < 1.29 is 9.59 Å². The first kappa shape index (κ1) is 18.3. The summed E-state index contributed by atoms with van der Waals surface area (Å²) in [5, 5.41) is 2.98. The molecule has 4 saturated carbocycles. The molecule has 0 spiro atoms. The second kappa shape index (κ2) is 7.49. The van der Waals surface area contributed by atoms with Gasteiger partial charge in [0.25, 0.3) is 0 Å². The minimum atomic E-state index is 0.00607. The van der Waals surface area contributed by atoms with Gasteiger partial charge in [-0.2, -0.15) is 0 Å². The second-order valence-corrected chi connectivity index (χ2v) is 9.67. The third-order valence-electron chi connectivity index (χ3n) is 7.55. The van der Waals surface area contributed by atoms with Gasteiger partial charge in [0.2, 0.25) is 11.8 Å². The summed E-state index contributed by atoms with van der Waals surface area (Å²) in [5.41, 5.74) is 5.76. The number of nitrogens with zero attached hydrogens (tertiary/aromatic N) is 1. The third kappa shape index (κ3) is 3.78. The van der Waals surface area contributed by atoms with E-state index in [4.69, 9.17) is 5.73 Å². The quantitative estimate of drug-likeness (QED) is 0.763. The van der Waals surface area contributed by atoms with E-state index in [-0.39, 0.29) is 11.9 Å². The SMILES string of the molecule is NCCC(=O)NCC1CCCCN1C(=O)CC12CC3CC(CC(C3)C1)C2. The lowest BCUT2D eigenvalue weighted by Crippen LogP contribution is -2.53. The van der Waals surface area contributed by atoms with Crippen LogP contribution in [0.1, 0.15) is 70.6 Å². The Morgan fingerprint density at radius 3 is 2.31 bits per heavy atom. The number of nitrogens with two attached hydrogens (primary N) is 1. The van der Waals surface area contributed by atoms with Crippen molar-refractivity contribution in [2.24, 2.45) is 28.9 Å². The summed E-state index contributed by atoms with van der Waals surface area (Å²) in [5.74, 6) is 3.03. The molecule has 26 heavy (non-hydrogen) atoms. The van der Waals surface area contributed by atoms with E-state index in [0.717, 1.165) is 50.0 Å². The minimum Gasteiger partial charge on any atom is -0.354 e. The van der Waals surface area contributed by atoms with Crippen LogP contribution in [0.3, 0.4) is 0 Å². The Bertz CT molecular complexity index is 512. The first-order valence-corrected chi connectivity index (χ1v) is 10.8. The van der Waals surface area contributed by atoms with Crippen molar-refractivity contribution >= 4 is 11.8 Å². The van der Waals surface area contributed by atoms with E-state index in [1.807, 2.05) is 0 Å². The highest BCUT2D eigenvalue weighted by molar-refractivity contribution is 5.78. The lowest BCUT2D eigenvalue weighted by atomic mass is 9.49. The van der Waals surface area contributed by atoms with Crippen LogP contribution in [0.4, 0.5) is 0 Å². The summed E-state index contributed by atoms with van der Waals surface area (Å²) in [4.78, 5) is 27.1. The van der Waals surface area contributed by atoms with Gasteiger partial charge in [-0.15, -0.1) is 0 Å². The zero-order valence-electron chi connectivity index (χ0n) is 16.0. The number of amides is 2. The third-order valence-corrected chi connectivity index (χ3v) is 7.55. The number of hydrogen-bond acceptors (Lipinski definition) is 3. The van der Waals surface area contributed by atoms with Gasteiger partial charge in [0.05, 0.1) is 0 Å². The first-order valence-electron chi connectivity index (χ1n) is 10.8. The van der Waals surface area contributed by atoms with Crippen LogP contribution >= 0.6 is 0 Å². The highest BCUT2D eigenvalue weighted by Gasteiger charge is 2.52. The van der Waals surface area contributed by atoms with Crippen LogP contribution in [0, 0.1) is 23.2 Å². The van der Waals surface area contributed by atoms with Gasteiger partial charge in [0.15, 0.2) is 0 Å². The van der Waals surface area contributed by atoms with Gasteiger partial charge in [0.1, 0.15) is 0 Å². The molecule has 5 fully saturated rings. The van der Waals surface area contributed by atoms with Crippen LogP contribution in [-0.2, 0) is 9.59 Å². The summed E-state index contributed by atoms with van der Waals surface area (Å²) in [6.07, 6.45) is 12.5. The molecule has 1 heterocycles. The fraction of sp³-hybridized carbons (Fsp3) is 0.905. The van der Waals surface area contributed by atoms with E-state index in [1.165, 1.54) is 38.5 Å². The summed E-state index contributed by atoms with van der Waals surface area (Å²) >= 11 is 0. The predicted molar refractivity (Wildman–Crippen MR) is 101 cm³/mol. The molecule has 146 valence electrons. The standard InChI is InChI=1S/C21H35N3O2/c22-5-4-19(25)23-14-18-3-1-2-6-24(18)20(26)13-21-10-15-7-16(11-21)9-17(8-15)12-21/h15-18H,1-14,22H2,(H,23,25). The smallest absolute Gasteiger partial charge is 0.223 e. The zero-order valence-corrected chi connectivity index (χ0v) is 16.0. The number of carbonyl (C=O) groups is 2. The van der Waals surface area contributed by atoms with E-state index in [0.29, 0.717) is 30.8 Å². The maximum absolute atomic E-state index is 13.3. The van der Waals surface area contributed by atoms with Gasteiger partial charge < -0.3 is 16.0 Å². The number of carbonyl (C=O) groups excluding carboxylic acids is 2. The fourth-order valence-corrected chi connectivity index (χ4v) is 6.92. The maximum Gasteiger partial charge on any atom is 0.223 e. The average Bonchev–Trinajstić information content (AvgIpc) is 2.59. The monoisotopic (exact) mass is 361 g/mol. The van der Waals surface area contributed by atoms with Crippen molar-refractivity contribution in [3.05, 3.63) is 0 Å². The Morgan fingerprint density at radius 1 is 1.04 bits per heavy atom. The molecule has 4 bridgehead atoms. The van der Waals surface area contributed by atoms with Gasteiger partial charge in [-0.05, 0) is 81.0 Å². The Kier molecular flexibility index (Phi) is 5.27. The van der Waals surface area contributed by atoms with E-state index in [9.17, 15) is 9.59 Å². The van der Waals surface area contributed by atoms with Crippen molar-refractivity contribution in [1.82, 2.24) is 10.2 Å².